The molecule has 1 atom stereocenters. The van der Waals surface area contributed by atoms with Gasteiger partial charge in [-0.1, -0.05) is 29.8 Å². The van der Waals surface area contributed by atoms with Crippen molar-refractivity contribution in [3.8, 4) is 0 Å². The predicted octanol–water partition coefficient (Wildman–Crippen LogP) is 2.75. The molecule has 7 nitrogen and oxygen atoms in total. The molecule has 4 rings (SSSR count). The number of nitrogens with one attached hydrogen (secondary N) is 1. The first-order valence-corrected chi connectivity index (χ1v) is 11.7. The van der Waals surface area contributed by atoms with Gasteiger partial charge in [0.1, 0.15) is 4.90 Å². The Morgan fingerprint density at radius 1 is 1.20 bits per heavy atom. The SMILES string of the molecule is C[C@@H]1Cc2ccccc2N1C(=O)CNc1ccc(Cl)c(S(=O)(=O)N2CCOCC2)c1. The van der Waals surface area contributed by atoms with Crippen LogP contribution in [0.5, 0.6) is 0 Å². The molecule has 160 valence electrons. The molecule has 0 radical (unpaired) electrons. The van der Waals surface area contributed by atoms with Crippen LogP contribution in [0.3, 0.4) is 0 Å². The summed E-state index contributed by atoms with van der Waals surface area (Å²) in [5.74, 6) is -0.0695. The van der Waals surface area contributed by atoms with Crippen LogP contribution in [0.1, 0.15) is 12.5 Å². The maximum absolute atomic E-state index is 13.0. The largest absolute Gasteiger partial charge is 0.379 e. The van der Waals surface area contributed by atoms with E-state index in [1.54, 1.807) is 11.0 Å². The van der Waals surface area contributed by atoms with Gasteiger partial charge in [-0.15, -0.1) is 0 Å². The first-order valence-electron chi connectivity index (χ1n) is 9.89. The molecule has 1 fully saturated rings. The lowest BCUT2D eigenvalue weighted by Crippen LogP contribution is -2.40. The van der Waals surface area contributed by atoms with Crippen molar-refractivity contribution in [3.63, 3.8) is 0 Å². The summed E-state index contributed by atoms with van der Waals surface area (Å²) in [6.07, 6.45) is 0.824. The van der Waals surface area contributed by atoms with Crippen molar-refractivity contribution in [2.45, 2.75) is 24.3 Å². The number of fused-ring (bicyclic) bond motifs is 1. The highest BCUT2D eigenvalue weighted by molar-refractivity contribution is 7.89. The van der Waals surface area contributed by atoms with E-state index in [2.05, 4.69) is 5.32 Å². The van der Waals surface area contributed by atoms with Crippen LogP contribution in [0.4, 0.5) is 11.4 Å². The van der Waals surface area contributed by atoms with Gasteiger partial charge < -0.3 is 15.0 Å². The lowest BCUT2D eigenvalue weighted by Gasteiger charge is -2.26. The molecule has 0 spiro atoms. The van der Waals surface area contributed by atoms with Crippen molar-refractivity contribution >= 4 is 38.9 Å². The van der Waals surface area contributed by atoms with E-state index in [0.29, 0.717) is 32.0 Å². The number of carbonyl (C=O) groups excluding carboxylic acids is 1. The summed E-state index contributed by atoms with van der Waals surface area (Å²) in [4.78, 5) is 14.7. The number of halogens is 1. The Kier molecular flexibility index (Phi) is 6.02. The van der Waals surface area contributed by atoms with E-state index in [-0.39, 0.29) is 28.4 Å². The van der Waals surface area contributed by atoms with Gasteiger partial charge in [0.15, 0.2) is 0 Å². The van der Waals surface area contributed by atoms with Gasteiger partial charge in [0.25, 0.3) is 0 Å². The zero-order chi connectivity index (χ0) is 21.3. The highest BCUT2D eigenvalue weighted by atomic mass is 35.5. The minimum atomic E-state index is -3.73. The Hall–Kier alpha value is -2.13. The van der Waals surface area contributed by atoms with E-state index < -0.39 is 10.0 Å². The Morgan fingerprint density at radius 3 is 2.70 bits per heavy atom. The van der Waals surface area contributed by atoms with Crippen molar-refractivity contribution < 1.29 is 17.9 Å². The average Bonchev–Trinajstić information content (AvgIpc) is 3.09. The minimum Gasteiger partial charge on any atom is -0.379 e. The van der Waals surface area contributed by atoms with Crippen molar-refractivity contribution in [1.82, 2.24) is 4.31 Å². The van der Waals surface area contributed by atoms with E-state index >= 15 is 0 Å². The molecule has 2 aromatic carbocycles. The summed E-state index contributed by atoms with van der Waals surface area (Å²) in [5, 5.41) is 3.21. The van der Waals surface area contributed by atoms with E-state index in [1.807, 2.05) is 31.2 Å². The normalized spacial score (nSPS) is 19.5. The second-order valence-corrected chi connectivity index (χ2v) is 9.77. The standard InChI is InChI=1S/C21H24ClN3O4S/c1-15-12-16-4-2-3-5-19(16)25(15)21(26)14-23-17-6-7-18(22)20(13-17)30(27,28)24-8-10-29-11-9-24/h2-7,13,15,23H,8-12,14H2,1H3/t15-/m1/s1. The molecule has 2 aliphatic heterocycles. The number of amides is 1. The molecule has 2 aromatic rings. The summed E-state index contributed by atoms with van der Waals surface area (Å²) in [5.41, 5.74) is 2.62. The third-order valence-electron chi connectivity index (χ3n) is 5.44. The van der Waals surface area contributed by atoms with Gasteiger partial charge in [0.05, 0.1) is 24.8 Å². The van der Waals surface area contributed by atoms with Crippen LogP contribution in [-0.2, 0) is 26.0 Å². The van der Waals surface area contributed by atoms with Gasteiger partial charge in [-0.3, -0.25) is 4.79 Å². The molecular formula is C21H24ClN3O4S. The van der Waals surface area contributed by atoms with Gasteiger partial charge in [0.2, 0.25) is 15.9 Å². The molecule has 2 aliphatic rings. The van der Waals surface area contributed by atoms with Crippen molar-refractivity contribution in [2.75, 3.05) is 43.1 Å². The summed E-state index contributed by atoms with van der Waals surface area (Å²) < 4.78 is 32.6. The number of carbonyl (C=O) groups is 1. The number of rotatable bonds is 5. The minimum absolute atomic E-state index is 0.0309. The first-order chi connectivity index (χ1) is 14.4. The maximum Gasteiger partial charge on any atom is 0.246 e. The Morgan fingerprint density at radius 2 is 1.93 bits per heavy atom. The highest BCUT2D eigenvalue weighted by Gasteiger charge is 2.31. The summed E-state index contributed by atoms with van der Waals surface area (Å²) >= 11 is 6.20. The van der Waals surface area contributed by atoms with Gasteiger partial charge in [-0.05, 0) is 43.2 Å². The molecule has 30 heavy (non-hydrogen) atoms. The summed E-state index contributed by atoms with van der Waals surface area (Å²) in [6, 6.07) is 12.7. The Bertz CT molecular complexity index is 1050. The van der Waals surface area contributed by atoms with Crippen LogP contribution >= 0.6 is 11.6 Å². The van der Waals surface area contributed by atoms with Gasteiger partial charge in [0, 0.05) is 30.5 Å². The monoisotopic (exact) mass is 449 g/mol. The molecule has 0 saturated carbocycles. The zero-order valence-electron chi connectivity index (χ0n) is 16.7. The average molecular weight is 450 g/mol. The lowest BCUT2D eigenvalue weighted by molar-refractivity contribution is -0.117. The molecule has 1 amide bonds. The second kappa shape index (κ2) is 8.55. The Balaban J connectivity index is 1.49. The molecule has 0 unspecified atom stereocenters. The van der Waals surface area contributed by atoms with Gasteiger partial charge >= 0.3 is 0 Å². The number of hydrogen-bond donors (Lipinski definition) is 1. The Labute approximate surface area is 181 Å². The number of sulfonamides is 1. The fourth-order valence-electron chi connectivity index (χ4n) is 3.95. The van der Waals surface area contributed by atoms with Crippen molar-refractivity contribution in [3.05, 3.63) is 53.1 Å². The first kappa shape index (κ1) is 21.1. The van der Waals surface area contributed by atoms with Crippen molar-refractivity contribution in [2.24, 2.45) is 0 Å². The predicted molar refractivity (Wildman–Crippen MR) is 117 cm³/mol. The molecule has 9 heteroatoms. The number of hydrogen-bond acceptors (Lipinski definition) is 5. The van der Waals surface area contributed by atoms with Crippen LogP contribution in [0.15, 0.2) is 47.4 Å². The van der Waals surface area contributed by atoms with Crippen LogP contribution in [0, 0.1) is 0 Å². The maximum atomic E-state index is 13.0. The van der Waals surface area contributed by atoms with E-state index in [9.17, 15) is 13.2 Å². The summed E-state index contributed by atoms with van der Waals surface area (Å²) in [6.45, 7) is 3.38. The fourth-order valence-corrected chi connectivity index (χ4v) is 5.85. The smallest absolute Gasteiger partial charge is 0.246 e. The topological polar surface area (TPSA) is 79.0 Å². The van der Waals surface area contributed by atoms with E-state index in [4.69, 9.17) is 16.3 Å². The third-order valence-corrected chi connectivity index (χ3v) is 7.82. The molecule has 0 aliphatic carbocycles. The number of para-hydroxylation sites is 1. The molecular weight excluding hydrogens is 426 g/mol. The van der Waals surface area contributed by atoms with E-state index in [1.165, 1.54) is 16.4 Å². The lowest BCUT2D eigenvalue weighted by atomic mass is 10.1. The van der Waals surface area contributed by atoms with Crippen molar-refractivity contribution in [1.29, 1.82) is 0 Å². The highest BCUT2D eigenvalue weighted by Crippen LogP contribution is 2.32. The second-order valence-electron chi connectivity index (χ2n) is 7.46. The molecule has 0 bridgehead atoms. The number of ether oxygens (including phenoxy) is 1. The van der Waals surface area contributed by atoms with Gasteiger partial charge in [-0.2, -0.15) is 4.31 Å². The van der Waals surface area contributed by atoms with Crippen LogP contribution in [0.2, 0.25) is 5.02 Å². The van der Waals surface area contributed by atoms with Crippen LogP contribution < -0.4 is 10.2 Å². The molecule has 0 aromatic heterocycles. The molecule has 1 saturated heterocycles. The fraction of sp³-hybridized carbons (Fsp3) is 0.381. The van der Waals surface area contributed by atoms with Gasteiger partial charge in [-0.25, -0.2) is 8.42 Å². The number of anilines is 2. The number of benzene rings is 2. The molecule has 1 N–H and O–H groups in total. The van der Waals surface area contributed by atoms with E-state index in [0.717, 1.165) is 17.7 Å². The number of morpholine rings is 1. The van der Waals surface area contributed by atoms with Crippen LogP contribution in [-0.4, -0.2) is 57.5 Å². The molecule has 2 heterocycles. The number of nitrogens with zero attached hydrogens (tertiary/aromatic N) is 2. The third kappa shape index (κ3) is 4.05. The summed E-state index contributed by atoms with van der Waals surface area (Å²) in [7, 11) is -3.73. The van der Waals surface area contributed by atoms with Crippen LogP contribution in [0.25, 0.3) is 0 Å². The zero-order valence-corrected chi connectivity index (χ0v) is 18.2. The quantitative estimate of drug-likeness (QED) is 0.759.